The highest BCUT2D eigenvalue weighted by Crippen LogP contribution is 2.41. The molecule has 7 heterocycles. The topological polar surface area (TPSA) is 223 Å². The number of phenols is 1. The smallest absolute Gasteiger partial charge is 0.255 e. The number of nitrogens with zero attached hydrogens (tertiary/aromatic N) is 9. The number of fused-ring (bicyclic) bond motifs is 3. The maximum Gasteiger partial charge on any atom is 0.255 e. The lowest BCUT2D eigenvalue weighted by Gasteiger charge is -2.43. The molecule has 4 aromatic carbocycles. The largest absolute Gasteiger partial charge is 0.507 e. The molecule has 5 atom stereocenters. The zero-order valence-electron chi connectivity index (χ0n) is 51.1. The van der Waals surface area contributed by atoms with Crippen LogP contribution in [-0.4, -0.2) is 164 Å². The molecule has 4 unspecified atom stereocenters. The van der Waals surface area contributed by atoms with E-state index in [-0.39, 0.29) is 54.8 Å². The fourth-order valence-electron chi connectivity index (χ4n) is 13.6. The molecule has 5 N–H and O–H groups in total. The number of carbonyl (C=O) groups excluding carboxylic acids is 4. The molecule has 2 aromatic heterocycles. The highest BCUT2D eigenvalue weighted by atomic mass is 32.1. The van der Waals surface area contributed by atoms with E-state index in [9.17, 15) is 29.4 Å². The molecule has 4 amide bonds. The van der Waals surface area contributed by atoms with E-state index in [1.807, 2.05) is 91.8 Å². The lowest BCUT2D eigenvalue weighted by molar-refractivity contribution is -0.143. The second kappa shape index (κ2) is 28.6. The number of aromatic hydroxyl groups is 1. The molecule has 466 valence electrons. The molecule has 88 heavy (non-hydrogen) atoms. The van der Waals surface area contributed by atoms with Crippen LogP contribution in [0.25, 0.3) is 21.7 Å². The second-order valence-electron chi connectivity index (χ2n) is 24.7. The van der Waals surface area contributed by atoms with Gasteiger partial charge in [-0.15, -0.1) is 21.5 Å². The number of aryl methyl sites for hydroxylation is 1. The summed E-state index contributed by atoms with van der Waals surface area (Å²) in [5.41, 5.74) is 15.7. The van der Waals surface area contributed by atoms with Crippen molar-refractivity contribution in [2.24, 2.45) is 5.92 Å². The van der Waals surface area contributed by atoms with E-state index in [4.69, 9.17) is 15.2 Å². The predicted molar refractivity (Wildman–Crippen MR) is 342 cm³/mol. The summed E-state index contributed by atoms with van der Waals surface area (Å²) in [5, 5.41) is 32.9. The van der Waals surface area contributed by atoms with Crippen molar-refractivity contribution in [1.82, 2.24) is 40.1 Å². The third kappa shape index (κ3) is 14.3. The van der Waals surface area contributed by atoms with Crippen molar-refractivity contribution in [3.8, 4) is 38.9 Å². The van der Waals surface area contributed by atoms with Crippen LogP contribution in [0.5, 0.6) is 17.2 Å². The van der Waals surface area contributed by atoms with E-state index in [2.05, 4.69) is 53.4 Å². The maximum atomic E-state index is 14.3. The number of ether oxygens (including phenoxy) is 2. The Balaban J connectivity index is 0.560. The first-order valence-electron chi connectivity index (χ1n) is 31.8. The second-order valence-corrected chi connectivity index (χ2v) is 25.5. The van der Waals surface area contributed by atoms with Crippen molar-refractivity contribution in [1.29, 1.82) is 0 Å². The van der Waals surface area contributed by atoms with Crippen molar-refractivity contribution in [3.05, 3.63) is 125 Å². The van der Waals surface area contributed by atoms with E-state index in [1.165, 1.54) is 10.6 Å². The van der Waals surface area contributed by atoms with E-state index < -0.39 is 18.2 Å². The van der Waals surface area contributed by atoms with Crippen LogP contribution in [0.15, 0.2) is 103 Å². The van der Waals surface area contributed by atoms with Gasteiger partial charge < -0.3 is 55.2 Å². The van der Waals surface area contributed by atoms with Gasteiger partial charge in [-0.3, -0.25) is 24.1 Å². The summed E-state index contributed by atoms with van der Waals surface area (Å²) < 4.78 is 12.8. The Bertz CT molecular complexity index is 3390. The Labute approximate surface area is 520 Å². The summed E-state index contributed by atoms with van der Waals surface area (Å²) in [6.07, 6.45) is 10.3. The first-order chi connectivity index (χ1) is 42.8. The molecule has 4 fully saturated rings. The summed E-state index contributed by atoms with van der Waals surface area (Å²) in [6, 6.07) is 29.9. The number of rotatable bonds is 26. The van der Waals surface area contributed by atoms with Crippen molar-refractivity contribution in [3.63, 3.8) is 0 Å². The highest BCUT2D eigenvalue weighted by Gasteiger charge is 2.46. The number of nitrogen functional groups attached to an aromatic ring is 1. The number of nitrogens with one attached hydrogen (secondary N) is 1. The minimum absolute atomic E-state index is 0.0180. The fourth-order valence-corrected chi connectivity index (χ4v) is 14.4. The van der Waals surface area contributed by atoms with Crippen LogP contribution in [0, 0.1) is 12.8 Å². The van der Waals surface area contributed by atoms with Gasteiger partial charge in [0.15, 0.2) is 5.82 Å². The van der Waals surface area contributed by atoms with Gasteiger partial charge in [0, 0.05) is 119 Å². The molecule has 19 nitrogen and oxygen atoms in total. The number of thiazole rings is 1. The molecule has 0 aliphatic carbocycles. The molecular weight excluding hydrogens is 1130 g/mol. The number of carbonyl (C=O) groups is 4. The van der Waals surface area contributed by atoms with Crippen molar-refractivity contribution >= 4 is 52.2 Å². The molecule has 5 aliphatic rings. The van der Waals surface area contributed by atoms with Gasteiger partial charge in [0.25, 0.3) is 5.91 Å². The summed E-state index contributed by atoms with van der Waals surface area (Å²) in [7, 11) is 0. The maximum absolute atomic E-state index is 14.3. The standard InChI is InChI=1S/C68H85N11O8S/c1-45(2)63(78-40-49-17-11-12-20-55(49)67(78)84)68(85)77-43-53(80)37-59(77)66(83)70-39-48-25-24-47(64-46(3)71-44-88-64)35-61(48)87-33-15-9-7-5-4-6-8-10-23-62(82)75-30-28-74(29-31-75)32-34-86-54-19-16-18-50(36-54)79-51-26-27-52(79)42-76(41-51)58-38-57(72-73-65(58)69)56-21-13-14-22-60(56)81/h11-14,16-22,24-25,35-36,38,44-45,51-53,59,63,80-81H,4-10,15,23,26-34,37,39-43H2,1-3H3,(H2,69,73)(H,70,83)/t51?,52?,53?,59?,63-/m0/s1. The van der Waals surface area contributed by atoms with Crippen LogP contribution in [0.3, 0.4) is 0 Å². The number of unbranched alkanes of at least 4 members (excludes halogenated alkanes) is 7. The minimum atomic E-state index is -0.885. The number of para-hydroxylation sites is 1. The number of nitrogens with two attached hydrogens (primary N) is 1. The molecule has 0 saturated carbocycles. The number of amides is 4. The van der Waals surface area contributed by atoms with E-state index in [0.29, 0.717) is 66.7 Å². The van der Waals surface area contributed by atoms with Gasteiger partial charge in [0.05, 0.1) is 40.2 Å². The monoisotopic (exact) mass is 1220 g/mol. The first-order valence-corrected chi connectivity index (χ1v) is 32.6. The van der Waals surface area contributed by atoms with Crippen LogP contribution in [0.2, 0.25) is 0 Å². The first kappa shape index (κ1) is 61.8. The van der Waals surface area contributed by atoms with Gasteiger partial charge in [-0.25, -0.2) is 4.98 Å². The Morgan fingerprint density at radius 3 is 2.25 bits per heavy atom. The number of likely N-dealkylation sites (tertiary alicyclic amines) is 1. The quantitative estimate of drug-likeness (QED) is 0.0372. The van der Waals surface area contributed by atoms with Crippen LogP contribution < -0.4 is 30.3 Å². The van der Waals surface area contributed by atoms with Crippen molar-refractivity contribution in [2.45, 2.75) is 141 Å². The molecule has 2 bridgehead atoms. The van der Waals surface area contributed by atoms with Crippen molar-refractivity contribution in [2.75, 3.05) is 81.1 Å². The minimum Gasteiger partial charge on any atom is -0.507 e. The number of phenolic OH excluding ortho intramolecular Hbond substituents is 1. The van der Waals surface area contributed by atoms with Gasteiger partial charge in [-0.2, -0.15) is 0 Å². The predicted octanol–water partition coefficient (Wildman–Crippen LogP) is 9.09. The van der Waals surface area contributed by atoms with E-state index in [1.54, 1.807) is 34.4 Å². The number of aliphatic hydroxyl groups is 1. The van der Waals surface area contributed by atoms with Gasteiger partial charge in [-0.05, 0) is 92.1 Å². The van der Waals surface area contributed by atoms with Crippen LogP contribution in [0.1, 0.15) is 118 Å². The van der Waals surface area contributed by atoms with Crippen LogP contribution >= 0.6 is 11.3 Å². The number of benzene rings is 4. The van der Waals surface area contributed by atoms with Crippen molar-refractivity contribution < 1.29 is 38.9 Å². The number of anilines is 3. The van der Waals surface area contributed by atoms with E-state index >= 15 is 0 Å². The third-order valence-electron chi connectivity index (χ3n) is 18.3. The van der Waals surface area contributed by atoms with E-state index in [0.717, 1.165) is 149 Å². The number of aromatic nitrogens is 3. The Morgan fingerprint density at radius 2 is 1.52 bits per heavy atom. The number of hydrogen-bond donors (Lipinski definition) is 4. The molecule has 4 saturated heterocycles. The SMILES string of the molecule is Cc1ncsc1-c1ccc(CNC(=O)C2CC(O)CN2C(=O)[C@H](C(C)C)N2Cc3ccccc3C2=O)c(OCCCCCCCCCCC(=O)N2CCN(CCOc3cccc(N4C5CCC4CN(c4cc(-c6ccccc6O)nnc4N)C5)c3)CC2)c1. The zero-order valence-corrected chi connectivity index (χ0v) is 51.9. The summed E-state index contributed by atoms with van der Waals surface area (Å²) in [4.78, 5) is 72.9. The number of aliphatic hydroxyl groups excluding tert-OH is 1. The lowest BCUT2D eigenvalue weighted by Crippen LogP contribution is -2.55. The number of β-amino-alcohol motifs (C(OH)–C–C–N with tert-alkyl or cyclic N) is 1. The zero-order chi connectivity index (χ0) is 61.3. The Hall–Kier alpha value is -7.81. The summed E-state index contributed by atoms with van der Waals surface area (Å²) in [5.74, 6) is 1.24. The summed E-state index contributed by atoms with van der Waals surface area (Å²) >= 11 is 1.57. The lowest BCUT2D eigenvalue weighted by atomic mass is 10.0. The summed E-state index contributed by atoms with van der Waals surface area (Å²) in [6.45, 7) is 13.0. The normalized spacial score (nSPS) is 19.6. The van der Waals surface area contributed by atoms with Gasteiger partial charge in [-0.1, -0.05) is 101 Å². The molecule has 20 heteroatoms. The van der Waals surface area contributed by atoms with Gasteiger partial charge >= 0.3 is 0 Å². The average molecular weight is 1220 g/mol. The average Bonchev–Trinajstić information content (AvgIpc) is 1.81. The van der Waals surface area contributed by atoms with Gasteiger partial charge in [0.2, 0.25) is 17.7 Å². The fraction of sp³-hybridized carbons (Fsp3) is 0.485. The number of piperazine rings is 2. The molecule has 0 radical (unpaired) electrons. The third-order valence-corrected chi connectivity index (χ3v) is 19.3. The number of hydrogen-bond acceptors (Lipinski definition) is 16. The molecule has 6 aromatic rings. The van der Waals surface area contributed by atoms with Gasteiger partial charge in [0.1, 0.15) is 35.9 Å². The highest BCUT2D eigenvalue weighted by molar-refractivity contribution is 7.13. The molecule has 0 spiro atoms. The van der Waals surface area contributed by atoms with Crippen LogP contribution in [-0.2, 0) is 27.5 Å². The Morgan fingerprint density at radius 1 is 0.795 bits per heavy atom. The molecule has 11 rings (SSSR count). The molecule has 5 aliphatic heterocycles. The van der Waals surface area contributed by atoms with Crippen LogP contribution in [0.4, 0.5) is 17.2 Å². The molecular formula is C68H85N11O8S. The Kier molecular flexibility index (Phi) is 20.1.